The van der Waals surface area contributed by atoms with Crippen molar-refractivity contribution in [3.05, 3.63) is 18.2 Å². The van der Waals surface area contributed by atoms with Crippen molar-refractivity contribution in [2.75, 3.05) is 38.8 Å². The van der Waals surface area contributed by atoms with Gasteiger partial charge in [0.25, 0.3) is 0 Å². The van der Waals surface area contributed by atoms with E-state index < -0.39 is 0 Å². The number of hydrogen-bond donors (Lipinski definition) is 0. The number of amides is 2. The topological polar surface area (TPSA) is 59.1 Å². The van der Waals surface area contributed by atoms with Gasteiger partial charge in [-0.1, -0.05) is 0 Å². The van der Waals surface area contributed by atoms with Gasteiger partial charge in [-0.25, -0.2) is 0 Å². The number of piperidine rings is 1. The summed E-state index contributed by atoms with van der Waals surface area (Å²) in [7, 11) is 3.12. The number of methoxy groups -OCH3 is 2. The van der Waals surface area contributed by atoms with Crippen LogP contribution in [-0.4, -0.2) is 50.6 Å². The van der Waals surface area contributed by atoms with Crippen LogP contribution in [0.25, 0.3) is 0 Å². The van der Waals surface area contributed by atoms with E-state index in [0.717, 1.165) is 25.9 Å². The number of carbonyl (C=O) groups excluding carboxylic acids is 2. The van der Waals surface area contributed by atoms with Gasteiger partial charge in [0.05, 0.1) is 14.2 Å². The Hall–Kier alpha value is -2.24. The summed E-state index contributed by atoms with van der Waals surface area (Å²) in [6.45, 7) is 3.52. The van der Waals surface area contributed by atoms with E-state index in [9.17, 15) is 9.59 Å². The number of carbonyl (C=O) groups is 2. The summed E-state index contributed by atoms with van der Waals surface area (Å²) in [6, 6.07) is 5.32. The molecule has 0 bridgehead atoms. The highest BCUT2D eigenvalue weighted by atomic mass is 16.5. The number of hydrogen-bond acceptors (Lipinski definition) is 4. The predicted octanol–water partition coefficient (Wildman–Crippen LogP) is 2.46. The molecule has 1 heterocycles. The van der Waals surface area contributed by atoms with Crippen molar-refractivity contribution in [2.24, 2.45) is 0 Å². The largest absolute Gasteiger partial charge is 0.493 e. The van der Waals surface area contributed by atoms with Crippen molar-refractivity contribution in [3.63, 3.8) is 0 Å². The van der Waals surface area contributed by atoms with Gasteiger partial charge in [-0.3, -0.25) is 9.59 Å². The van der Waals surface area contributed by atoms with E-state index in [4.69, 9.17) is 9.47 Å². The molecule has 6 heteroatoms. The van der Waals surface area contributed by atoms with Crippen molar-refractivity contribution in [1.82, 2.24) is 4.90 Å². The summed E-state index contributed by atoms with van der Waals surface area (Å²) in [5, 5.41) is 0. The Balaban J connectivity index is 2.06. The maximum Gasteiger partial charge on any atom is 0.224 e. The van der Waals surface area contributed by atoms with E-state index >= 15 is 0 Å². The van der Waals surface area contributed by atoms with Gasteiger partial charge in [-0.05, 0) is 31.4 Å². The zero-order valence-electron chi connectivity index (χ0n) is 14.7. The molecule has 2 rings (SSSR count). The monoisotopic (exact) mass is 334 g/mol. The summed E-state index contributed by atoms with van der Waals surface area (Å²) >= 11 is 0. The van der Waals surface area contributed by atoms with Gasteiger partial charge in [0.2, 0.25) is 11.8 Å². The molecule has 0 atom stereocenters. The molecule has 6 nitrogen and oxygen atoms in total. The molecule has 1 saturated heterocycles. The summed E-state index contributed by atoms with van der Waals surface area (Å²) < 4.78 is 10.5. The number of rotatable bonds is 6. The molecule has 1 aliphatic rings. The first-order chi connectivity index (χ1) is 11.6. The molecule has 0 aromatic heterocycles. The summed E-state index contributed by atoms with van der Waals surface area (Å²) in [6.07, 6.45) is 3.65. The normalized spacial score (nSPS) is 14.2. The first-order valence-electron chi connectivity index (χ1n) is 8.34. The Bertz CT molecular complexity index is 582. The first kappa shape index (κ1) is 18.1. The van der Waals surface area contributed by atoms with E-state index in [-0.39, 0.29) is 11.8 Å². The zero-order valence-corrected chi connectivity index (χ0v) is 14.7. The SMILES string of the molecule is COc1ccc(N(CCC(=O)N2CCCCC2)C(C)=O)cc1OC. The average molecular weight is 334 g/mol. The van der Waals surface area contributed by atoms with Crippen molar-refractivity contribution >= 4 is 17.5 Å². The average Bonchev–Trinajstić information content (AvgIpc) is 2.61. The molecular weight excluding hydrogens is 308 g/mol. The van der Waals surface area contributed by atoms with Crippen molar-refractivity contribution in [1.29, 1.82) is 0 Å². The quantitative estimate of drug-likeness (QED) is 0.802. The second kappa shape index (κ2) is 8.57. The van der Waals surface area contributed by atoms with Crippen molar-refractivity contribution in [2.45, 2.75) is 32.6 Å². The molecule has 0 unspecified atom stereocenters. The van der Waals surface area contributed by atoms with Crippen LogP contribution in [0.5, 0.6) is 11.5 Å². The molecule has 1 aromatic carbocycles. The van der Waals surface area contributed by atoms with Crippen LogP contribution in [0.2, 0.25) is 0 Å². The molecule has 0 radical (unpaired) electrons. The minimum absolute atomic E-state index is 0.103. The van der Waals surface area contributed by atoms with Crippen LogP contribution in [-0.2, 0) is 9.59 Å². The zero-order chi connectivity index (χ0) is 17.5. The summed E-state index contributed by atoms with van der Waals surface area (Å²) in [4.78, 5) is 27.8. The number of benzene rings is 1. The van der Waals surface area contributed by atoms with Crippen LogP contribution in [0.3, 0.4) is 0 Å². The van der Waals surface area contributed by atoms with E-state index in [1.54, 1.807) is 37.3 Å². The molecule has 24 heavy (non-hydrogen) atoms. The van der Waals surface area contributed by atoms with Gasteiger partial charge in [-0.15, -0.1) is 0 Å². The Labute approximate surface area is 143 Å². The lowest BCUT2D eigenvalue weighted by Gasteiger charge is -2.28. The Morgan fingerprint density at radius 3 is 2.33 bits per heavy atom. The maximum absolute atomic E-state index is 12.3. The van der Waals surface area contributed by atoms with E-state index in [2.05, 4.69) is 0 Å². The Kier molecular flexibility index (Phi) is 6.46. The van der Waals surface area contributed by atoms with Gasteiger partial charge in [0, 0.05) is 44.7 Å². The Morgan fingerprint density at radius 2 is 1.75 bits per heavy atom. The number of anilines is 1. The van der Waals surface area contributed by atoms with Crippen molar-refractivity contribution < 1.29 is 19.1 Å². The van der Waals surface area contributed by atoms with Crippen LogP contribution in [0.15, 0.2) is 18.2 Å². The number of likely N-dealkylation sites (tertiary alicyclic amines) is 1. The third kappa shape index (κ3) is 4.40. The summed E-state index contributed by atoms with van der Waals surface area (Å²) in [5.74, 6) is 1.17. The second-order valence-corrected chi connectivity index (χ2v) is 5.90. The van der Waals surface area contributed by atoms with Crippen LogP contribution in [0.4, 0.5) is 5.69 Å². The molecule has 0 aliphatic carbocycles. The fourth-order valence-electron chi connectivity index (χ4n) is 2.97. The van der Waals surface area contributed by atoms with Crippen LogP contribution >= 0.6 is 0 Å². The molecule has 0 spiro atoms. The molecule has 0 N–H and O–H groups in total. The smallest absolute Gasteiger partial charge is 0.224 e. The van der Waals surface area contributed by atoms with E-state index in [1.807, 2.05) is 4.90 Å². The summed E-state index contributed by atoms with van der Waals surface area (Å²) in [5.41, 5.74) is 0.701. The highest BCUT2D eigenvalue weighted by Gasteiger charge is 2.20. The minimum atomic E-state index is -0.103. The molecule has 2 amide bonds. The Morgan fingerprint density at radius 1 is 1.08 bits per heavy atom. The molecule has 1 aliphatic heterocycles. The fourth-order valence-corrected chi connectivity index (χ4v) is 2.97. The lowest BCUT2D eigenvalue weighted by atomic mass is 10.1. The molecule has 132 valence electrons. The van der Waals surface area contributed by atoms with Gasteiger partial charge >= 0.3 is 0 Å². The lowest BCUT2D eigenvalue weighted by Crippen LogP contribution is -2.38. The number of nitrogens with zero attached hydrogens (tertiary/aromatic N) is 2. The van der Waals surface area contributed by atoms with Gasteiger partial charge in [0.1, 0.15) is 0 Å². The highest BCUT2D eigenvalue weighted by molar-refractivity contribution is 5.92. The molecule has 0 saturated carbocycles. The fraction of sp³-hybridized carbons (Fsp3) is 0.556. The third-order valence-corrected chi connectivity index (χ3v) is 4.32. The molecule has 1 fully saturated rings. The highest BCUT2D eigenvalue weighted by Crippen LogP contribution is 2.31. The van der Waals surface area contributed by atoms with E-state index in [0.29, 0.717) is 30.2 Å². The van der Waals surface area contributed by atoms with Crippen LogP contribution < -0.4 is 14.4 Å². The van der Waals surface area contributed by atoms with Crippen LogP contribution in [0, 0.1) is 0 Å². The predicted molar refractivity (Wildman–Crippen MR) is 92.6 cm³/mol. The second-order valence-electron chi connectivity index (χ2n) is 5.90. The van der Waals surface area contributed by atoms with Gasteiger partial charge in [-0.2, -0.15) is 0 Å². The van der Waals surface area contributed by atoms with Crippen LogP contribution in [0.1, 0.15) is 32.6 Å². The number of ether oxygens (including phenoxy) is 2. The maximum atomic E-state index is 12.3. The third-order valence-electron chi connectivity index (χ3n) is 4.32. The standard InChI is InChI=1S/C18H26N2O4/c1-14(21)20(12-9-18(22)19-10-5-4-6-11-19)15-7-8-16(23-2)17(13-15)24-3/h7-8,13H,4-6,9-12H2,1-3H3. The molecular formula is C18H26N2O4. The lowest BCUT2D eigenvalue weighted by molar-refractivity contribution is -0.131. The minimum Gasteiger partial charge on any atom is -0.493 e. The van der Waals surface area contributed by atoms with Crippen molar-refractivity contribution in [3.8, 4) is 11.5 Å². The molecule has 1 aromatic rings. The first-order valence-corrected chi connectivity index (χ1v) is 8.34. The van der Waals surface area contributed by atoms with Gasteiger partial charge in [0.15, 0.2) is 11.5 Å². The van der Waals surface area contributed by atoms with E-state index in [1.165, 1.54) is 13.3 Å². The van der Waals surface area contributed by atoms with Gasteiger partial charge < -0.3 is 19.3 Å².